The lowest BCUT2D eigenvalue weighted by atomic mass is 10.0. The van der Waals surface area contributed by atoms with Crippen LogP contribution in [0.25, 0.3) is 0 Å². The topological polar surface area (TPSA) is 69.4 Å². The number of hydrogen-bond acceptors (Lipinski definition) is 4. The van der Waals surface area contributed by atoms with E-state index in [0.29, 0.717) is 21.2 Å². The lowest BCUT2D eigenvalue weighted by Gasteiger charge is -2.24. The fourth-order valence-corrected chi connectivity index (χ4v) is 3.56. The van der Waals surface area contributed by atoms with Gasteiger partial charge in [0.25, 0.3) is 0 Å². The molecule has 1 aromatic carbocycles. The minimum Gasteiger partial charge on any atom is -0.496 e. The summed E-state index contributed by atoms with van der Waals surface area (Å²) in [7, 11) is 1.51. The lowest BCUT2D eigenvalue weighted by molar-refractivity contribution is -0.117. The van der Waals surface area contributed by atoms with E-state index in [4.69, 9.17) is 22.1 Å². The Kier molecular flexibility index (Phi) is 3.82. The molecule has 0 radical (unpaired) electrons. The number of fused-ring (bicyclic) bond motifs is 1. The van der Waals surface area contributed by atoms with Crippen LogP contribution in [-0.4, -0.2) is 24.1 Å². The maximum atomic E-state index is 12.1. The number of ketones is 1. The molecule has 2 N–H and O–H groups in total. The zero-order valence-corrected chi connectivity index (χ0v) is 11.3. The molecule has 1 aromatic rings. The number of methoxy groups -OCH3 is 1. The van der Waals surface area contributed by atoms with Crippen molar-refractivity contribution < 1.29 is 14.3 Å². The predicted molar refractivity (Wildman–Crippen MR) is 70.4 cm³/mol. The maximum Gasteiger partial charge on any atom is 0.218 e. The van der Waals surface area contributed by atoms with E-state index in [1.54, 1.807) is 12.1 Å². The largest absolute Gasteiger partial charge is 0.496 e. The first kappa shape index (κ1) is 13.2. The first-order valence-corrected chi connectivity index (χ1v) is 6.63. The van der Waals surface area contributed by atoms with Gasteiger partial charge in [-0.1, -0.05) is 11.6 Å². The molecule has 1 amide bonds. The number of halogens is 1. The number of nitrogens with two attached hydrogens (primary N) is 1. The van der Waals surface area contributed by atoms with Gasteiger partial charge >= 0.3 is 0 Å². The Hall–Kier alpha value is -1.20. The van der Waals surface area contributed by atoms with E-state index >= 15 is 0 Å². The molecule has 2 rings (SSSR count). The van der Waals surface area contributed by atoms with Crippen LogP contribution in [0.4, 0.5) is 0 Å². The summed E-state index contributed by atoms with van der Waals surface area (Å²) < 4.78 is 5.17. The van der Waals surface area contributed by atoms with Gasteiger partial charge in [0.1, 0.15) is 5.75 Å². The molecule has 96 valence electrons. The Morgan fingerprint density at radius 3 is 2.94 bits per heavy atom. The normalized spacial score (nSPS) is 18.3. The third-order valence-corrected chi connectivity index (χ3v) is 4.45. The first-order chi connectivity index (χ1) is 8.52. The van der Waals surface area contributed by atoms with Crippen molar-refractivity contribution in [1.29, 1.82) is 0 Å². The summed E-state index contributed by atoms with van der Waals surface area (Å²) in [6, 6.07) is 3.36. The van der Waals surface area contributed by atoms with E-state index in [1.807, 2.05) is 0 Å². The van der Waals surface area contributed by atoms with Gasteiger partial charge in [0.05, 0.1) is 17.7 Å². The van der Waals surface area contributed by atoms with Crippen LogP contribution in [0.5, 0.6) is 5.75 Å². The molecule has 1 aliphatic heterocycles. The zero-order chi connectivity index (χ0) is 13.3. The average molecular weight is 286 g/mol. The fourth-order valence-electron chi connectivity index (χ4n) is 1.94. The summed E-state index contributed by atoms with van der Waals surface area (Å²) in [4.78, 5) is 23.7. The number of Topliss-reactive ketones (excluding diaryl/α,β-unsaturated/α-hetero) is 1. The number of benzene rings is 1. The van der Waals surface area contributed by atoms with Crippen molar-refractivity contribution in [2.75, 3.05) is 7.11 Å². The number of hydrogen-bond donors (Lipinski definition) is 1. The van der Waals surface area contributed by atoms with Crippen LogP contribution in [-0.2, 0) is 4.79 Å². The van der Waals surface area contributed by atoms with Crippen molar-refractivity contribution in [2.24, 2.45) is 5.73 Å². The molecule has 0 saturated heterocycles. The SMILES string of the molecule is COc1ccc(Cl)c2c1C(=O)CC(CC(N)=O)S2. The van der Waals surface area contributed by atoms with E-state index in [-0.39, 0.29) is 23.9 Å². The molecule has 1 atom stereocenters. The zero-order valence-electron chi connectivity index (χ0n) is 9.73. The Labute approximate surface area is 114 Å². The minimum absolute atomic E-state index is 0.0608. The van der Waals surface area contributed by atoms with Crippen LogP contribution in [0.2, 0.25) is 5.02 Å². The molecular weight excluding hydrogens is 274 g/mol. The van der Waals surface area contributed by atoms with Gasteiger partial charge < -0.3 is 10.5 Å². The molecule has 0 bridgehead atoms. The van der Waals surface area contributed by atoms with Crippen LogP contribution < -0.4 is 10.5 Å². The molecule has 4 nitrogen and oxygen atoms in total. The molecule has 0 aromatic heterocycles. The van der Waals surface area contributed by atoms with Crippen molar-refractivity contribution in [2.45, 2.75) is 23.0 Å². The summed E-state index contributed by atoms with van der Waals surface area (Å²) in [5.41, 5.74) is 5.67. The van der Waals surface area contributed by atoms with Gasteiger partial charge in [-0.2, -0.15) is 0 Å². The smallest absolute Gasteiger partial charge is 0.218 e. The average Bonchev–Trinajstić information content (AvgIpc) is 2.29. The third-order valence-electron chi connectivity index (χ3n) is 2.70. The summed E-state index contributed by atoms with van der Waals surface area (Å²) in [5.74, 6) is 0.0431. The highest BCUT2D eigenvalue weighted by Crippen LogP contribution is 2.44. The molecule has 6 heteroatoms. The Morgan fingerprint density at radius 1 is 1.61 bits per heavy atom. The molecular formula is C12H12ClNO3S. The molecule has 1 heterocycles. The predicted octanol–water partition coefficient (Wildman–Crippen LogP) is 2.27. The number of rotatable bonds is 3. The van der Waals surface area contributed by atoms with Gasteiger partial charge in [0.2, 0.25) is 5.91 Å². The van der Waals surface area contributed by atoms with Crippen molar-refractivity contribution in [3.8, 4) is 5.75 Å². The van der Waals surface area contributed by atoms with E-state index in [0.717, 1.165) is 0 Å². The third kappa shape index (κ3) is 2.47. The Morgan fingerprint density at radius 2 is 2.33 bits per heavy atom. The highest BCUT2D eigenvalue weighted by molar-refractivity contribution is 8.00. The standard InChI is InChI=1S/C12H12ClNO3S/c1-17-9-3-2-7(13)12-11(9)8(15)4-6(18-12)5-10(14)16/h2-3,6H,4-5H2,1H3,(H2,14,16). The Bertz CT molecular complexity index is 518. The van der Waals surface area contributed by atoms with Crippen LogP contribution in [0.1, 0.15) is 23.2 Å². The van der Waals surface area contributed by atoms with Crippen molar-refractivity contribution >= 4 is 35.1 Å². The van der Waals surface area contributed by atoms with Crippen molar-refractivity contribution in [1.82, 2.24) is 0 Å². The number of ether oxygens (including phenoxy) is 1. The summed E-state index contributed by atoms with van der Waals surface area (Å²) >= 11 is 7.51. The van der Waals surface area contributed by atoms with E-state index in [2.05, 4.69) is 0 Å². The molecule has 0 saturated carbocycles. The van der Waals surface area contributed by atoms with Crippen LogP contribution in [0.3, 0.4) is 0 Å². The van der Waals surface area contributed by atoms with Gasteiger partial charge in [-0.25, -0.2) is 0 Å². The molecule has 1 unspecified atom stereocenters. The van der Waals surface area contributed by atoms with Gasteiger partial charge in [0, 0.05) is 23.0 Å². The minimum atomic E-state index is -0.414. The molecule has 0 fully saturated rings. The lowest BCUT2D eigenvalue weighted by Crippen LogP contribution is -2.24. The number of carbonyl (C=O) groups excluding carboxylic acids is 2. The number of amides is 1. The van der Waals surface area contributed by atoms with Gasteiger partial charge in [-0.3, -0.25) is 9.59 Å². The second-order valence-corrected chi connectivity index (χ2v) is 5.71. The summed E-state index contributed by atoms with van der Waals surface area (Å²) in [6.07, 6.45) is 0.445. The van der Waals surface area contributed by atoms with Crippen molar-refractivity contribution in [3.63, 3.8) is 0 Å². The molecule has 18 heavy (non-hydrogen) atoms. The van der Waals surface area contributed by atoms with E-state index < -0.39 is 5.91 Å². The number of carbonyl (C=O) groups is 2. The van der Waals surface area contributed by atoms with Gasteiger partial charge in [-0.15, -0.1) is 11.8 Å². The van der Waals surface area contributed by atoms with Crippen LogP contribution in [0.15, 0.2) is 17.0 Å². The molecule has 0 spiro atoms. The summed E-state index contributed by atoms with van der Waals surface area (Å²) in [6.45, 7) is 0. The van der Waals surface area contributed by atoms with Crippen molar-refractivity contribution in [3.05, 3.63) is 22.7 Å². The number of thioether (sulfide) groups is 1. The van der Waals surface area contributed by atoms with E-state index in [9.17, 15) is 9.59 Å². The van der Waals surface area contributed by atoms with E-state index in [1.165, 1.54) is 18.9 Å². The quantitative estimate of drug-likeness (QED) is 0.925. The molecule has 1 aliphatic rings. The first-order valence-electron chi connectivity index (χ1n) is 5.37. The maximum absolute atomic E-state index is 12.1. The van der Waals surface area contributed by atoms with Gasteiger partial charge in [-0.05, 0) is 12.1 Å². The summed E-state index contributed by atoms with van der Waals surface area (Å²) in [5, 5.41) is 0.352. The monoisotopic (exact) mass is 285 g/mol. The fraction of sp³-hybridized carbons (Fsp3) is 0.333. The highest BCUT2D eigenvalue weighted by Gasteiger charge is 2.31. The van der Waals surface area contributed by atoms with Crippen LogP contribution in [0, 0.1) is 0 Å². The second-order valence-electron chi connectivity index (χ2n) is 3.99. The Balaban J connectivity index is 2.41. The highest BCUT2D eigenvalue weighted by atomic mass is 35.5. The number of primary amides is 1. The van der Waals surface area contributed by atoms with Gasteiger partial charge in [0.15, 0.2) is 5.78 Å². The molecule has 0 aliphatic carbocycles. The van der Waals surface area contributed by atoms with Crippen LogP contribution >= 0.6 is 23.4 Å². The second kappa shape index (κ2) is 5.20.